The van der Waals surface area contributed by atoms with Gasteiger partial charge < -0.3 is 10.8 Å². The zero-order valence-corrected chi connectivity index (χ0v) is 10.5. The van der Waals surface area contributed by atoms with Gasteiger partial charge in [-0.1, -0.05) is 17.3 Å². The molecule has 0 radical (unpaired) electrons. The van der Waals surface area contributed by atoms with Gasteiger partial charge in [0.05, 0.1) is 0 Å². The first-order chi connectivity index (χ1) is 9.50. The largest absolute Gasteiger partial charge is 0.382 e. The molecule has 2 aromatic heterocycles. The second kappa shape index (κ2) is 4.20. The van der Waals surface area contributed by atoms with Crippen LogP contribution in [0.2, 0.25) is 0 Å². The van der Waals surface area contributed by atoms with Crippen molar-refractivity contribution in [2.45, 2.75) is 12.6 Å². The lowest BCUT2D eigenvalue weighted by Gasteiger charge is -2.23. The van der Waals surface area contributed by atoms with E-state index in [1.54, 1.807) is 0 Å². The first-order valence-corrected chi connectivity index (χ1v) is 5.81. The Balaban J connectivity index is 2.18. The van der Waals surface area contributed by atoms with Gasteiger partial charge in [-0.25, -0.2) is 14.4 Å². The average Bonchev–Trinajstić information content (AvgIpc) is 2.85. The zero-order chi connectivity index (χ0) is 14.3. The van der Waals surface area contributed by atoms with E-state index in [1.165, 1.54) is 42.2 Å². The Morgan fingerprint density at radius 2 is 1.95 bits per heavy atom. The van der Waals surface area contributed by atoms with E-state index in [2.05, 4.69) is 20.3 Å². The van der Waals surface area contributed by atoms with Crippen molar-refractivity contribution in [2.24, 2.45) is 0 Å². The second-order valence-corrected chi connectivity index (χ2v) is 4.46. The number of nitrogen functional groups attached to an aromatic ring is 1. The fourth-order valence-corrected chi connectivity index (χ4v) is 1.95. The maximum atomic E-state index is 13.0. The number of nitrogens with two attached hydrogens (primary N) is 1. The number of hydrogen-bond acceptors (Lipinski definition) is 6. The molecule has 0 bridgehead atoms. The van der Waals surface area contributed by atoms with Gasteiger partial charge in [0, 0.05) is 5.56 Å². The van der Waals surface area contributed by atoms with Crippen molar-refractivity contribution in [1.29, 1.82) is 0 Å². The van der Waals surface area contributed by atoms with Crippen LogP contribution >= 0.6 is 0 Å². The van der Waals surface area contributed by atoms with Gasteiger partial charge in [0.1, 0.15) is 12.1 Å². The van der Waals surface area contributed by atoms with E-state index in [1.807, 2.05) is 0 Å². The number of fused-ring (bicyclic) bond motifs is 1. The summed E-state index contributed by atoms with van der Waals surface area (Å²) < 4.78 is 14.2. The van der Waals surface area contributed by atoms with Crippen LogP contribution in [-0.4, -0.2) is 30.1 Å². The summed E-state index contributed by atoms with van der Waals surface area (Å²) in [6, 6.07) is 5.44. The van der Waals surface area contributed by atoms with Gasteiger partial charge in [0.2, 0.25) is 0 Å². The highest BCUT2D eigenvalue weighted by Gasteiger charge is 2.30. The summed E-state index contributed by atoms with van der Waals surface area (Å²) in [6.07, 6.45) is 1.26. The molecule has 0 saturated carbocycles. The maximum absolute atomic E-state index is 13.0. The number of anilines is 1. The van der Waals surface area contributed by atoms with Gasteiger partial charge in [0.25, 0.3) is 0 Å². The molecule has 1 aromatic carbocycles. The summed E-state index contributed by atoms with van der Waals surface area (Å²) >= 11 is 0. The predicted molar refractivity (Wildman–Crippen MR) is 68.9 cm³/mol. The molecule has 2 heterocycles. The first-order valence-electron chi connectivity index (χ1n) is 5.81. The highest BCUT2D eigenvalue weighted by molar-refractivity contribution is 5.80. The Morgan fingerprint density at radius 1 is 1.25 bits per heavy atom. The molecule has 0 aliphatic rings. The third-order valence-corrected chi connectivity index (χ3v) is 3.07. The van der Waals surface area contributed by atoms with Crippen molar-refractivity contribution < 1.29 is 9.50 Å². The smallest absolute Gasteiger partial charge is 0.187 e. The molecular formula is C12H11FN6O. The van der Waals surface area contributed by atoms with Gasteiger partial charge in [0.15, 0.2) is 22.7 Å². The van der Waals surface area contributed by atoms with Crippen molar-refractivity contribution >= 4 is 17.0 Å². The highest BCUT2D eigenvalue weighted by Crippen LogP contribution is 2.26. The summed E-state index contributed by atoms with van der Waals surface area (Å²) in [4.78, 5) is 7.83. The summed E-state index contributed by atoms with van der Waals surface area (Å²) in [6.45, 7) is 1.51. The molecule has 3 aromatic rings. The first kappa shape index (κ1) is 12.4. The molecule has 20 heavy (non-hydrogen) atoms. The van der Waals surface area contributed by atoms with Crippen LogP contribution in [0.15, 0.2) is 30.6 Å². The number of aromatic nitrogens is 5. The van der Waals surface area contributed by atoms with E-state index in [9.17, 15) is 9.50 Å². The molecule has 0 spiro atoms. The van der Waals surface area contributed by atoms with Crippen LogP contribution in [0.3, 0.4) is 0 Å². The van der Waals surface area contributed by atoms with E-state index < -0.39 is 5.72 Å². The normalized spacial score (nSPS) is 14.3. The molecule has 102 valence electrons. The van der Waals surface area contributed by atoms with E-state index in [-0.39, 0.29) is 11.6 Å². The minimum atomic E-state index is -1.54. The van der Waals surface area contributed by atoms with Crippen LogP contribution in [0.4, 0.5) is 10.2 Å². The molecule has 8 heteroatoms. The molecule has 1 unspecified atom stereocenters. The van der Waals surface area contributed by atoms with Crippen LogP contribution in [0.25, 0.3) is 11.2 Å². The summed E-state index contributed by atoms with van der Waals surface area (Å²) in [7, 11) is 0. The van der Waals surface area contributed by atoms with Crippen molar-refractivity contribution in [1.82, 2.24) is 25.0 Å². The van der Waals surface area contributed by atoms with Crippen LogP contribution in [0, 0.1) is 5.82 Å². The van der Waals surface area contributed by atoms with E-state index in [0.717, 1.165) is 0 Å². The van der Waals surface area contributed by atoms with E-state index >= 15 is 0 Å². The number of benzene rings is 1. The number of halogens is 1. The Bertz CT molecular complexity index is 767. The van der Waals surface area contributed by atoms with Crippen molar-refractivity contribution in [3.8, 4) is 0 Å². The lowest BCUT2D eigenvalue weighted by Crippen LogP contribution is -2.32. The number of hydrogen-bond donors (Lipinski definition) is 2. The zero-order valence-electron chi connectivity index (χ0n) is 10.5. The summed E-state index contributed by atoms with van der Waals surface area (Å²) in [5, 5.41) is 18.4. The van der Waals surface area contributed by atoms with Gasteiger partial charge in [-0.05, 0) is 19.1 Å². The molecule has 0 amide bonds. The molecule has 3 N–H and O–H groups in total. The highest BCUT2D eigenvalue weighted by atomic mass is 19.1. The third-order valence-electron chi connectivity index (χ3n) is 3.07. The van der Waals surface area contributed by atoms with Gasteiger partial charge in [-0.15, -0.1) is 5.10 Å². The van der Waals surface area contributed by atoms with Crippen molar-refractivity contribution in [3.05, 3.63) is 42.0 Å². The van der Waals surface area contributed by atoms with Gasteiger partial charge in [-0.3, -0.25) is 0 Å². The number of rotatable bonds is 2. The average molecular weight is 274 g/mol. The quantitative estimate of drug-likeness (QED) is 0.711. The van der Waals surface area contributed by atoms with Crippen LogP contribution < -0.4 is 5.73 Å². The van der Waals surface area contributed by atoms with Crippen LogP contribution in [0.5, 0.6) is 0 Å². The lowest BCUT2D eigenvalue weighted by molar-refractivity contribution is 0.0149. The van der Waals surface area contributed by atoms with Gasteiger partial charge >= 0.3 is 0 Å². The second-order valence-electron chi connectivity index (χ2n) is 4.46. The molecule has 7 nitrogen and oxygen atoms in total. The molecule has 0 aliphatic carbocycles. The summed E-state index contributed by atoms with van der Waals surface area (Å²) in [5.41, 5.74) is 5.18. The molecular weight excluding hydrogens is 263 g/mol. The number of aliphatic hydroxyl groups is 1. The van der Waals surface area contributed by atoms with Crippen molar-refractivity contribution in [2.75, 3.05) is 5.73 Å². The monoisotopic (exact) mass is 274 g/mol. The van der Waals surface area contributed by atoms with Gasteiger partial charge in [-0.2, -0.15) is 4.68 Å². The minimum absolute atomic E-state index is 0.177. The Hall–Kier alpha value is -2.61. The summed E-state index contributed by atoms with van der Waals surface area (Å²) in [5.74, 6) is -0.212. The molecule has 0 aliphatic heterocycles. The Morgan fingerprint density at radius 3 is 2.65 bits per heavy atom. The molecule has 0 saturated heterocycles. The predicted octanol–water partition coefficient (Wildman–Crippen LogP) is 0.656. The Labute approximate surface area is 112 Å². The SMILES string of the molecule is CC(O)(c1ccc(F)cc1)n1nnc2c(N)ncnc21. The fraction of sp³-hybridized carbons (Fsp3) is 0.167. The molecule has 3 rings (SSSR count). The standard InChI is InChI=1S/C12H11FN6O/c1-12(20,7-2-4-8(13)5-3-7)19-11-9(17-18-19)10(14)15-6-16-11/h2-6,20H,1H3,(H2,14,15,16). The van der Waals surface area contributed by atoms with E-state index in [0.29, 0.717) is 16.7 Å². The van der Waals surface area contributed by atoms with Crippen LogP contribution in [-0.2, 0) is 5.72 Å². The lowest BCUT2D eigenvalue weighted by atomic mass is 10.1. The molecule has 1 atom stereocenters. The topological polar surface area (TPSA) is 103 Å². The van der Waals surface area contributed by atoms with Crippen molar-refractivity contribution in [3.63, 3.8) is 0 Å². The third kappa shape index (κ3) is 1.77. The fourth-order valence-electron chi connectivity index (χ4n) is 1.95. The molecule has 0 fully saturated rings. The minimum Gasteiger partial charge on any atom is -0.382 e. The maximum Gasteiger partial charge on any atom is 0.187 e. The number of nitrogens with zero attached hydrogens (tertiary/aromatic N) is 5. The van der Waals surface area contributed by atoms with Crippen LogP contribution in [0.1, 0.15) is 12.5 Å². The Kier molecular flexibility index (Phi) is 2.61. The van der Waals surface area contributed by atoms with E-state index in [4.69, 9.17) is 5.73 Å².